The summed E-state index contributed by atoms with van der Waals surface area (Å²) in [5, 5.41) is 0. The quantitative estimate of drug-likeness (QED) is 0.0261. The van der Waals surface area contributed by atoms with Crippen LogP contribution >= 0.6 is 0 Å². The van der Waals surface area contributed by atoms with E-state index in [1.807, 2.05) is 0 Å². The van der Waals surface area contributed by atoms with Gasteiger partial charge in [0.15, 0.2) is 6.10 Å². The Labute approximate surface area is 518 Å². The van der Waals surface area contributed by atoms with Gasteiger partial charge in [-0.15, -0.1) is 0 Å². The maximum Gasteiger partial charge on any atom is 0.306 e. The van der Waals surface area contributed by atoms with Gasteiger partial charge in [-0.2, -0.15) is 0 Å². The molecule has 0 aliphatic rings. The van der Waals surface area contributed by atoms with Gasteiger partial charge >= 0.3 is 17.9 Å². The fraction of sp³-hybridized carbons (Fsp3) is 0.883. The minimum absolute atomic E-state index is 0.0705. The van der Waals surface area contributed by atoms with Gasteiger partial charge in [0.2, 0.25) is 0 Å². The predicted octanol–water partition coefficient (Wildman–Crippen LogP) is 25.9. The first-order valence-corrected chi connectivity index (χ1v) is 37.5. The molecule has 6 heteroatoms. The second-order valence-corrected chi connectivity index (χ2v) is 25.6. The average molecular weight is 1170 g/mol. The average Bonchev–Trinajstić information content (AvgIpc) is 3.50. The molecule has 1 atom stereocenters. The second-order valence-electron chi connectivity index (χ2n) is 25.6. The van der Waals surface area contributed by atoms with Gasteiger partial charge in [-0.1, -0.05) is 359 Å². The van der Waals surface area contributed by atoms with E-state index in [4.69, 9.17) is 14.2 Å². The lowest BCUT2D eigenvalue weighted by atomic mass is 10.0. The summed E-state index contributed by atoms with van der Waals surface area (Å²) < 4.78 is 17.0. The lowest BCUT2D eigenvalue weighted by molar-refractivity contribution is -0.167. The van der Waals surface area contributed by atoms with Gasteiger partial charge in [0, 0.05) is 19.3 Å². The minimum Gasteiger partial charge on any atom is -0.462 e. The van der Waals surface area contributed by atoms with Crippen LogP contribution in [0.15, 0.2) is 36.5 Å². The molecule has 0 saturated heterocycles. The van der Waals surface area contributed by atoms with Crippen molar-refractivity contribution in [3.63, 3.8) is 0 Å². The molecule has 0 aromatic rings. The SMILES string of the molecule is CCCCC/C=C\C/C=C\CCCCCCCCCC(=O)OCC(COC(=O)CCCCCCCCCCCCCCCCCCCCCCCCCCCCC)OC(=O)CCCCCCCCCCC/C=C\CCCCCCCCCC. The number of hydrogen-bond donors (Lipinski definition) is 0. The highest BCUT2D eigenvalue weighted by Gasteiger charge is 2.20. The third kappa shape index (κ3) is 70.3. The zero-order chi connectivity index (χ0) is 59.9. The maximum absolute atomic E-state index is 13.0. The zero-order valence-electron chi connectivity index (χ0n) is 56.2. The molecule has 0 rings (SSSR count). The first-order valence-electron chi connectivity index (χ1n) is 37.5. The zero-order valence-corrected chi connectivity index (χ0v) is 56.2. The van der Waals surface area contributed by atoms with Crippen molar-refractivity contribution in [2.75, 3.05) is 13.2 Å². The highest BCUT2D eigenvalue weighted by molar-refractivity contribution is 5.71. The summed E-state index contributed by atoms with van der Waals surface area (Å²) in [6.45, 7) is 6.69. The maximum atomic E-state index is 13.0. The Morgan fingerprint density at radius 2 is 0.434 bits per heavy atom. The summed E-state index contributed by atoms with van der Waals surface area (Å²) in [6.07, 6.45) is 90.4. The first kappa shape index (κ1) is 80.6. The summed E-state index contributed by atoms with van der Waals surface area (Å²) in [4.78, 5) is 38.5. The van der Waals surface area contributed by atoms with Crippen LogP contribution in [0.3, 0.4) is 0 Å². The topological polar surface area (TPSA) is 78.9 Å². The molecule has 0 radical (unpaired) electrons. The number of allylic oxidation sites excluding steroid dienone is 6. The Morgan fingerprint density at radius 1 is 0.241 bits per heavy atom. The number of carbonyl (C=O) groups excluding carboxylic acids is 3. The van der Waals surface area contributed by atoms with E-state index in [-0.39, 0.29) is 31.1 Å². The van der Waals surface area contributed by atoms with Crippen LogP contribution in [0.5, 0.6) is 0 Å². The number of hydrogen-bond acceptors (Lipinski definition) is 6. The number of unbranched alkanes of at least 4 members (excludes halogenated alkanes) is 53. The van der Waals surface area contributed by atoms with Gasteiger partial charge in [0.25, 0.3) is 0 Å². The molecule has 0 saturated carbocycles. The van der Waals surface area contributed by atoms with Crippen LogP contribution in [-0.4, -0.2) is 37.2 Å². The van der Waals surface area contributed by atoms with Crippen LogP contribution < -0.4 is 0 Å². The molecule has 0 aromatic carbocycles. The van der Waals surface area contributed by atoms with Crippen molar-refractivity contribution in [1.82, 2.24) is 0 Å². The second kappa shape index (κ2) is 72.1. The number of esters is 3. The van der Waals surface area contributed by atoms with E-state index in [2.05, 4.69) is 57.2 Å². The third-order valence-electron chi connectivity index (χ3n) is 17.1. The van der Waals surface area contributed by atoms with E-state index in [1.54, 1.807) is 0 Å². The lowest BCUT2D eigenvalue weighted by Crippen LogP contribution is -2.30. The van der Waals surface area contributed by atoms with Gasteiger partial charge in [-0.25, -0.2) is 0 Å². The van der Waals surface area contributed by atoms with Crippen molar-refractivity contribution in [3.8, 4) is 0 Å². The van der Waals surface area contributed by atoms with Crippen molar-refractivity contribution in [2.45, 2.75) is 425 Å². The molecule has 0 N–H and O–H groups in total. The van der Waals surface area contributed by atoms with E-state index < -0.39 is 6.10 Å². The first-order chi connectivity index (χ1) is 41.0. The summed E-state index contributed by atoms with van der Waals surface area (Å²) in [5.41, 5.74) is 0. The van der Waals surface area contributed by atoms with E-state index in [0.29, 0.717) is 19.3 Å². The third-order valence-corrected chi connectivity index (χ3v) is 17.1. The summed E-state index contributed by atoms with van der Waals surface area (Å²) in [7, 11) is 0. The van der Waals surface area contributed by atoms with Gasteiger partial charge < -0.3 is 14.2 Å². The van der Waals surface area contributed by atoms with Crippen molar-refractivity contribution in [2.24, 2.45) is 0 Å². The Kier molecular flexibility index (Phi) is 70.0. The molecule has 83 heavy (non-hydrogen) atoms. The number of carbonyl (C=O) groups is 3. The van der Waals surface area contributed by atoms with Crippen molar-refractivity contribution in [1.29, 1.82) is 0 Å². The molecule has 0 spiro atoms. The number of ether oxygens (including phenoxy) is 3. The molecular weight excluding hydrogens is 1020 g/mol. The van der Waals surface area contributed by atoms with Crippen LogP contribution in [0.1, 0.15) is 419 Å². The molecule has 1 unspecified atom stereocenters. The normalized spacial score (nSPS) is 12.2. The summed E-state index contributed by atoms with van der Waals surface area (Å²) in [6, 6.07) is 0. The van der Waals surface area contributed by atoms with Gasteiger partial charge in [0.1, 0.15) is 13.2 Å². The lowest BCUT2D eigenvalue weighted by Gasteiger charge is -2.18. The standard InChI is InChI=1S/C77H144O6/c1-4-7-10-13-16-19-22-25-28-31-33-35-36-37-38-39-40-42-43-46-49-52-55-58-61-64-67-70-76(79)82-73-74(72-81-75(78)69-66-63-60-57-54-51-48-45-30-27-24-21-18-15-12-9-6-3)83-77(80)71-68-65-62-59-56-53-50-47-44-41-34-32-29-26-23-20-17-14-11-8-5-2/h18,21,27,30,32,34,74H,4-17,19-20,22-26,28-29,31,33,35-73H2,1-3H3/b21-18-,30-27-,34-32-. The molecular formula is C77H144O6. The highest BCUT2D eigenvalue weighted by Crippen LogP contribution is 2.19. The Morgan fingerprint density at radius 3 is 0.699 bits per heavy atom. The minimum atomic E-state index is -0.776. The van der Waals surface area contributed by atoms with E-state index in [9.17, 15) is 14.4 Å². The fourth-order valence-corrected chi connectivity index (χ4v) is 11.5. The smallest absolute Gasteiger partial charge is 0.306 e. The van der Waals surface area contributed by atoms with Gasteiger partial charge in [0.05, 0.1) is 0 Å². The van der Waals surface area contributed by atoms with E-state index in [0.717, 1.165) is 70.6 Å². The monoisotopic (exact) mass is 1170 g/mol. The summed E-state index contributed by atoms with van der Waals surface area (Å²) >= 11 is 0. The van der Waals surface area contributed by atoms with E-state index >= 15 is 0 Å². The van der Waals surface area contributed by atoms with Crippen LogP contribution in [0, 0.1) is 0 Å². The Hall–Kier alpha value is -2.37. The molecule has 0 aliphatic heterocycles. The Bertz CT molecular complexity index is 1380. The molecule has 0 aliphatic carbocycles. The molecule has 0 fully saturated rings. The highest BCUT2D eigenvalue weighted by atomic mass is 16.6. The molecule has 6 nitrogen and oxygen atoms in total. The predicted molar refractivity (Wildman–Crippen MR) is 362 cm³/mol. The Balaban J connectivity index is 4.26. The molecule has 0 heterocycles. The molecule has 488 valence electrons. The fourth-order valence-electron chi connectivity index (χ4n) is 11.5. The number of rotatable bonds is 70. The van der Waals surface area contributed by atoms with Crippen LogP contribution in [-0.2, 0) is 28.6 Å². The van der Waals surface area contributed by atoms with Crippen molar-refractivity contribution in [3.05, 3.63) is 36.5 Å². The van der Waals surface area contributed by atoms with Crippen molar-refractivity contribution < 1.29 is 28.6 Å². The molecule has 0 aromatic heterocycles. The van der Waals surface area contributed by atoms with E-state index in [1.165, 1.54) is 308 Å². The van der Waals surface area contributed by atoms with Gasteiger partial charge in [-0.3, -0.25) is 14.4 Å². The molecule has 0 amide bonds. The van der Waals surface area contributed by atoms with Crippen molar-refractivity contribution >= 4 is 17.9 Å². The van der Waals surface area contributed by atoms with Crippen LogP contribution in [0.2, 0.25) is 0 Å². The van der Waals surface area contributed by atoms with Crippen LogP contribution in [0.25, 0.3) is 0 Å². The summed E-state index contributed by atoms with van der Waals surface area (Å²) in [5.74, 6) is -0.849. The van der Waals surface area contributed by atoms with Crippen LogP contribution in [0.4, 0.5) is 0 Å². The van der Waals surface area contributed by atoms with Gasteiger partial charge in [-0.05, 0) is 77.0 Å². The molecule has 0 bridgehead atoms. The largest absolute Gasteiger partial charge is 0.462 e.